The first-order chi connectivity index (χ1) is 10.2. The molecule has 1 saturated heterocycles. The zero-order chi connectivity index (χ0) is 14.7. The lowest BCUT2D eigenvalue weighted by atomic mass is 10.0. The third-order valence-electron chi connectivity index (χ3n) is 3.42. The van der Waals surface area contributed by atoms with Gasteiger partial charge in [-0.15, -0.1) is 0 Å². The third kappa shape index (κ3) is 3.41. The van der Waals surface area contributed by atoms with Crippen molar-refractivity contribution in [3.8, 4) is 5.75 Å². The molecule has 1 aromatic heterocycles. The van der Waals surface area contributed by atoms with Crippen LogP contribution in [0.4, 0.5) is 0 Å². The number of nitrogens with one attached hydrogen (secondary N) is 2. The lowest BCUT2D eigenvalue weighted by Gasteiger charge is -2.27. The normalized spacial score (nSPS) is 14.7. The monoisotopic (exact) mass is 288 g/mol. The summed E-state index contributed by atoms with van der Waals surface area (Å²) in [6.07, 6.45) is 0. The number of amides is 1. The number of carbonyl (C=O) groups is 1. The van der Waals surface area contributed by atoms with Gasteiger partial charge >= 0.3 is 5.63 Å². The summed E-state index contributed by atoms with van der Waals surface area (Å²) in [5, 5.41) is 6.78. The van der Waals surface area contributed by atoms with Gasteiger partial charge in [-0.1, -0.05) is 0 Å². The molecule has 1 aromatic carbocycles. The Morgan fingerprint density at radius 3 is 2.90 bits per heavy atom. The maximum absolute atomic E-state index is 11.6. The standard InChI is InChI=1S/C15H16N2O4/c18-14(17-8-10-6-16-7-10)9-20-12-3-1-11-2-4-15(19)21-13(11)5-12/h1-5,10,16H,6-9H2,(H,17,18). The highest BCUT2D eigenvalue weighted by atomic mass is 16.5. The van der Waals surface area contributed by atoms with Gasteiger partial charge in [0.2, 0.25) is 0 Å². The Balaban J connectivity index is 1.56. The molecule has 1 fully saturated rings. The maximum Gasteiger partial charge on any atom is 0.336 e. The summed E-state index contributed by atoms with van der Waals surface area (Å²) in [4.78, 5) is 22.8. The predicted molar refractivity (Wildman–Crippen MR) is 77.3 cm³/mol. The van der Waals surface area contributed by atoms with Crippen LogP contribution in [0.25, 0.3) is 11.0 Å². The Hall–Kier alpha value is -2.34. The topological polar surface area (TPSA) is 80.6 Å². The average molecular weight is 288 g/mol. The van der Waals surface area contributed by atoms with Gasteiger partial charge in [-0.2, -0.15) is 0 Å². The highest BCUT2D eigenvalue weighted by Gasteiger charge is 2.17. The number of ether oxygens (including phenoxy) is 1. The predicted octanol–water partition coefficient (Wildman–Crippen LogP) is 0.507. The van der Waals surface area contributed by atoms with E-state index in [-0.39, 0.29) is 12.5 Å². The number of hydrogen-bond acceptors (Lipinski definition) is 5. The van der Waals surface area contributed by atoms with E-state index in [1.54, 1.807) is 24.3 Å². The second kappa shape index (κ2) is 5.97. The van der Waals surface area contributed by atoms with E-state index in [0.717, 1.165) is 18.5 Å². The molecule has 0 radical (unpaired) electrons. The van der Waals surface area contributed by atoms with E-state index in [1.165, 1.54) is 6.07 Å². The summed E-state index contributed by atoms with van der Waals surface area (Å²) >= 11 is 0. The largest absolute Gasteiger partial charge is 0.484 e. The molecule has 2 aromatic rings. The molecule has 1 aliphatic rings. The lowest BCUT2D eigenvalue weighted by Crippen LogP contribution is -2.48. The molecule has 2 heterocycles. The van der Waals surface area contributed by atoms with Gasteiger partial charge in [-0.25, -0.2) is 4.79 Å². The molecule has 1 aliphatic heterocycles. The molecule has 0 unspecified atom stereocenters. The van der Waals surface area contributed by atoms with Crippen LogP contribution < -0.4 is 21.0 Å². The van der Waals surface area contributed by atoms with Crippen molar-refractivity contribution < 1.29 is 13.9 Å². The number of rotatable bonds is 5. The first-order valence-electron chi connectivity index (χ1n) is 6.85. The van der Waals surface area contributed by atoms with E-state index >= 15 is 0 Å². The highest BCUT2D eigenvalue weighted by molar-refractivity contribution is 5.79. The molecule has 3 rings (SSSR count). The van der Waals surface area contributed by atoms with Crippen LogP contribution in [0.1, 0.15) is 0 Å². The van der Waals surface area contributed by atoms with Crippen molar-refractivity contribution in [1.82, 2.24) is 10.6 Å². The molecule has 0 atom stereocenters. The Kier molecular flexibility index (Phi) is 3.87. The van der Waals surface area contributed by atoms with Crippen LogP contribution in [0, 0.1) is 5.92 Å². The first-order valence-corrected chi connectivity index (χ1v) is 6.85. The van der Waals surface area contributed by atoms with Gasteiger partial charge in [0.25, 0.3) is 5.91 Å². The first kappa shape index (κ1) is 13.6. The maximum atomic E-state index is 11.6. The van der Waals surface area contributed by atoms with Crippen molar-refractivity contribution in [2.24, 2.45) is 5.92 Å². The number of benzene rings is 1. The molecule has 0 spiro atoms. The van der Waals surface area contributed by atoms with Crippen LogP contribution in [0.5, 0.6) is 5.75 Å². The van der Waals surface area contributed by atoms with Crippen molar-refractivity contribution in [1.29, 1.82) is 0 Å². The summed E-state index contributed by atoms with van der Waals surface area (Å²) in [6, 6.07) is 8.19. The zero-order valence-corrected chi connectivity index (χ0v) is 11.4. The van der Waals surface area contributed by atoms with E-state index in [9.17, 15) is 9.59 Å². The van der Waals surface area contributed by atoms with E-state index in [1.807, 2.05) is 0 Å². The Morgan fingerprint density at radius 1 is 1.33 bits per heavy atom. The third-order valence-corrected chi connectivity index (χ3v) is 3.42. The molecular weight excluding hydrogens is 272 g/mol. The Labute approximate surface area is 121 Å². The van der Waals surface area contributed by atoms with Gasteiger partial charge < -0.3 is 19.8 Å². The molecular formula is C15H16N2O4. The van der Waals surface area contributed by atoms with Gasteiger partial charge in [0.15, 0.2) is 6.61 Å². The average Bonchev–Trinajstić information content (AvgIpc) is 2.43. The minimum absolute atomic E-state index is 0.0529. The van der Waals surface area contributed by atoms with Crippen molar-refractivity contribution in [3.63, 3.8) is 0 Å². The van der Waals surface area contributed by atoms with Gasteiger partial charge in [0, 0.05) is 43.1 Å². The fourth-order valence-electron chi connectivity index (χ4n) is 2.08. The second-order valence-corrected chi connectivity index (χ2v) is 5.07. The smallest absolute Gasteiger partial charge is 0.336 e. The van der Waals surface area contributed by atoms with Gasteiger partial charge in [-0.05, 0) is 18.2 Å². The van der Waals surface area contributed by atoms with Crippen LogP contribution in [0.15, 0.2) is 39.5 Å². The minimum Gasteiger partial charge on any atom is -0.484 e. The van der Waals surface area contributed by atoms with E-state index in [2.05, 4.69) is 10.6 Å². The van der Waals surface area contributed by atoms with E-state index < -0.39 is 5.63 Å². The molecule has 21 heavy (non-hydrogen) atoms. The minimum atomic E-state index is -0.411. The van der Waals surface area contributed by atoms with Crippen LogP contribution in [-0.4, -0.2) is 32.1 Å². The highest BCUT2D eigenvalue weighted by Crippen LogP contribution is 2.19. The fraction of sp³-hybridized carbons (Fsp3) is 0.333. The lowest BCUT2D eigenvalue weighted by molar-refractivity contribution is -0.123. The van der Waals surface area contributed by atoms with Crippen molar-refractivity contribution in [2.75, 3.05) is 26.2 Å². The van der Waals surface area contributed by atoms with Crippen molar-refractivity contribution >= 4 is 16.9 Å². The fourth-order valence-corrected chi connectivity index (χ4v) is 2.08. The van der Waals surface area contributed by atoms with E-state index in [0.29, 0.717) is 23.8 Å². The molecule has 0 aliphatic carbocycles. The Bertz CT molecular complexity index is 706. The second-order valence-electron chi connectivity index (χ2n) is 5.07. The van der Waals surface area contributed by atoms with Crippen molar-refractivity contribution in [3.05, 3.63) is 40.8 Å². The van der Waals surface area contributed by atoms with E-state index in [4.69, 9.17) is 9.15 Å². The summed E-state index contributed by atoms with van der Waals surface area (Å²) in [6.45, 7) is 2.51. The number of carbonyl (C=O) groups excluding carboxylic acids is 1. The number of fused-ring (bicyclic) bond motifs is 1. The molecule has 0 bridgehead atoms. The quantitative estimate of drug-likeness (QED) is 0.783. The zero-order valence-electron chi connectivity index (χ0n) is 11.4. The van der Waals surface area contributed by atoms with Crippen LogP contribution in [0.3, 0.4) is 0 Å². The molecule has 6 heteroatoms. The summed E-state index contributed by atoms with van der Waals surface area (Å²) < 4.78 is 10.5. The van der Waals surface area contributed by atoms with Crippen LogP contribution in [-0.2, 0) is 4.79 Å². The summed E-state index contributed by atoms with van der Waals surface area (Å²) in [7, 11) is 0. The molecule has 6 nitrogen and oxygen atoms in total. The number of hydrogen-bond donors (Lipinski definition) is 2. The van der Waals surface area contributed by atoms with Gasteiger partial charge in [-0.3, -0.25) is 4.79 Å². The van der Waals surface area contributed by atoms with Gasteiger partial charge in [0.05, 0.1) is 0 Å². The SMILES string of the molecule is O=C(COc1ccc2ccc(=O)oc2c1)NCC1CNC1. The Morgan fingerprint density at radius 2 is 2.14 bits per heavy atom. The van der Waals surface area contributed by atoms with Crippen molar-refractivity contribution in [2.45, 2.75) is 0 Å². The van der Waals surface area contributed by atoms with Crippen LogP contribution >= 0.6 is 0 Å². The molecule has 110 valence electrons. The molecule has 1 amide bonds. The van der Waals surface area contributed by atoms with Crippen LogP contribution in [0.2, 0.25) is 0 Å². The summed E-state index contributed by atoms with van der Waals surface area (Å²) in [5.41, 5.74) is 0.0347. The summed E-state index contributed by atoms with van der Waals surface area (Å²) in [5.74, 6) is 0.859. The molecule has 0 saturated carbocycles. The molecule has 2 N–H and O–H groups in total. The van der Waals surface area contributed by atoms with Gasteiger partial charge in [0.1, 0.15) is 11.3 Å².